The third-order valence-electron chi connectivity index (χ3n) is 9.32. The number of ether oxygens (including phenoxy) is 1. The van der Waals surface area contributed by atoms with Crippen LogP contribution in [0, 0.1) is 5.92 Å². The number of rotatable bonds is 37. The molecule has 0 bridgehead atoms. The number of carbonyl (C=O) groups is 1. The molecule has 0 aromatic heterocycles. The molecule has 0 aliphatic heterocycles. The lowest BCUT2D eigenvalue weighted by molar-refractivity contribution is 0.0730. The van der Waals surface area contributed by atoms with E-state index in [0.29, 0.717) is 12.5 Å². The zero-order chi connectivity index (χ0) is 35.0. The van der Waals surface area contributed by atoms with Gasteiger partial charge in [0.05, 0.1) is 6.61 Å². The van der Waals surface area contributed by atoms with E-state index in [0.717, 1.165) is 25.7 Å². The summed E-state index contributed by atoms with van der Waals surface area (Å²) in [6.45, 7) is 3.85. The summed E-state index contributed by atoms with van der Waals surface area (Å²) < 4.78 is 4.98. The number of carboxylic acid groups (broad SMARTS) is 1. The Labute approximate surface area is 300 Å². The SMILES string of the molecule is CCCCCC=CCC=CCCCCCCCCC(CCCCCCCCC=CCC=CCCCCCCCCN(C)C)COC(=O)O. The fourth-order valence-electron chi connectivity index (χ4n) is 6.23. The van der Waals surface area contributed by atoms with Crippen molar-refractivity contribution < 1.29 is 14.6 Å². The predicted octanol–water partition coefficient (Wildman–Crippen LogP) is 14.4. The topological polar surface area (TPSA) is 49.8 Å². The standard InChI is InChI=1S/C44H81NO3/c1-4-5-6-7-8-9-10-11-12-18-21-24-27-30-33-36-39-43(42-48-44(46)47)40-37-34-31-28-25-22-19-16-14-13-15-17-20-23-26-29-32-35-38-41-45(2)3/h8-9,11-12,14-17,43H,4-7,10,13,18-42H2,1-3H3,(H,46,47). The Kier molecular flexibility index (Phi) is 38.1. The van der Waals surface area contributed by atoms with Crippen LogP contribution in [0.2, 0.25) is 0 Å². The van der Waals surface area contributed by atoms with Crippen molar-refractivity contribution >= 4 is 6.16 Å². The monoisotopic (exact) mass is 672 g/mol. The van der Waals surface area contributed by atoms with Gasteiger partial charge in [0.2, 0.25) is 0 Å². The van der Waals surface area contributed by atoms with Crippen molar-refractivity contribution in [2.45, 2.75) is 193 Å². The first-order valence-corrected chi connectivity index (χ1v) is 20.7. The highest BCUT2D eigenvalue weighted by atomic mass is 16.7. The summed E-state index contributed by atoms with van der Waals surface area (Å²) in [5.74, 6) is 0.383. The fraction of sp³-hybridized carbons (Fsp3) is 0.795. The minimum atomic E-state index is -1.13. The van der Waals surface area contributed by atoms with E-state index in [2.05, 4.69) is 74.5 Å². The molecule has 0 saturated heterocycles. The summed E-state index contributed by atoms with van der Waals surface area (Å²) in [5.41, 5.74) is 0. The van der Waals surface area contributed by atoms with Crippen LogP contribution in [0.15, 0.2) is 48.6 Å². The van der Waals surface area contributed by atoms with Gasteiger partial charge in [-0.05, 0) is 110 Å². The van der Waals surface area contributed by atoms with Crippen molar-refractivity contribution in [2.75, 3.05) is 27.2 Å². The number of nitrogens with zero attached hydrogens (tertiary/aromatic N) is 1. The summed E-state index contributed by atoms with van der Waals surface area (Å²) in [7, 11) is 4.32. The van der Waals surface area contributed by atoms with Crippen LogP contribution in [0.3, 0.4) is 0 Å². The van der Waals surface area contributed by atoms with Crippen LogP contribution in [-0.4, -0.2) is 43.4 Å². The van der Waals surface area contributed by atoms with Crippen molar-refractivity contribution in [3.05, 3.63) is 48.6 Å². The van der Waals surface area contributed by atoms with Gasteiger partial charge in [0.15, 0.2) is 0 Å². The average Bonchev–Trinajstić information content (AvgIpc) is 3.07. The van der Waals surface area contributed by atoms with E-state index in [1.165, 1.54) is 167 Å². The van der Waals surface area contributed by atoms with Gasteiger partial charge in [-0.15, -0.1) is 0 Å². The number of allylic oxidation sites excluding steroid dienone is 8. The van der Waals surface area contributed by atoms with E-state index in [4.69, 9.17) is 9.84 Å². The number of unbranched alkanes of at least 4 members (excludes halogenated alkanes) is 21. The second-order valence-electron chi connectivity index (χ2n) is 14.4. The van der Waals surface area contributed by atoms with Gasteiger partial charge in [-0.25, -0.2) is 4.79 Å². The van der Waals surface area contributed by atoms with Crippen LogP contribution in [0.5, 0.6) is 0 Å². The van der Waals surface area contributed by atoms with Gasteiger partial charge in [-0.1, -0.05) is 158 Å². The zero-order valence-corrected chi connectivity index (χ0v) is 32.3. The molecule has 0 aromatic carbocycles. The summed E-state index contributed by atoms with van der Waals surface area (Å²) in [6, 6.07) is 0. The van der Waals surface area contributed by atoms with Gasteiger partial charge in [-0.3, -0.25) is 0 Å². The summed E-state index contributed by atoms with van der Waals surface area (Å²) in [4.78, 5) is 13.2. The van der Waals surface area contributed by atoms with Gasteiger partial charge in [0, 0.05) is 0 Å². The lowest BCUT2D eigenvalue weighted by Crippen LogP contribution is -2.13. The number of hydrogen-bond donors (Lipinski definition) is 1. The maximum Gasteiger partial charge on any atom is 0.505 e. The van der Waals surface area contributed by atoms with E-state index >= 15 is 0 Å². The van der Waals surface area contributed by atoms with Crippen LogP contribution in [0.4, 0.5) is 4.79 Å². The molecule has 0 aliphatic rings. The second-order valence-corrected chi connectivity index (χ2v) is 14.4. The third kappa shape index (κ3) is 40.4. The molecule has 0 radical (unpaired) electrons. The molecular formula is C44H81NO3. The average molecular weight is 672 g/mol. The minimum Gasteiger partial charge on any atom is -0.450 e. The molecule has 0 fully saturated rings. The highest BCUT2D eigenvalue weighted by molar-refractivity contribution is 5.56. The molecule has 1 atom stereocenters. The molecule has 48 heavy (non-hydrogen) atoms. The molecule has 0 heterocycles. The lowest BCUT2D eigenvalue weighted by Gasteiger charge is -2.16. The quantitative estimate of drug-likeness (QED) is 0.0406. The Morgan fingerprint density at radius 2 is 0.875 bits per heavy atom. The first-order valence-electron chi connectivity index (χ1n) is 20.7. The smallest absolute Gasteiger partial charge is 0.450 e. The molecule has 4 heteroatoms. The van der Waals surface area contributed by atoms with E-state index < -0.39 is 6.16 Å². The van der Waals surface area contributed by atoms with Gasteiger partial charge >= 0.3 is 6.16 Å². The van der Waals surface area contributed by atoms with Gasteiger partial charge < -0.3 is 14.7 Å². The Hall–Kier alpha value is -1.81. The lowest BCUT2D eigenvalue weighted by atomic mass is 9.94. The molecule has 0 rings (SSSR count). The van der Waals surface area contributed by atoms with Crippen LogP contribution >= 0.6 is 0 Å². The minimum absolute atomic E-state index is 0.370. The Bertz CT molecular complexity index is 769. The van der Waals surface area contributed by atoms with E-state index in [1.807, 2.05) is 0 Å². The first kappa shape index (κ1) is 46.2. The Morgan fingerprint density at radius 3 is 1.25 bits per heavy atom. The largest absolute Gasteiger partial charge is 0.505 e. The van der Waals surface area contributed by atoms with E-state index in [1.54, 1.807) is 0 Å². The number of hydrogen-bond acceptors (Lipinski definition) is 3. The molecule has 0 aliphatic carbocycles. The van der Waals surface area contributed by atoms with Gasteiger partial charge in [0.25, 0.3) is 0 Å². The van der Waals surface area contributed by atoms with Crippen molar-refractivity contribution in [2.24, 2.45) is 5.92 Å². The van der Waals surface area contributed by atoms with Crippen LogP contribution in [0.25, 0.3) is 0 Å². The van der Waals surface area contributed by atoms with Crippen molar-refractivity contribution in [1.82, 2.24) is 4.90 Å². The Morgan fingerprint density at radius 1 is 0.521 bits per heavy atom. The third-order valence-corrected chi connectivity index (χ3v) is 9.32. The van der Waals surface area contributed by atoms with Gasteiger partial charge in [-0.2, -0.15) is 0 Å². The van der Waals surface area contributed by atoms with Crippen molar-refractivity contribution in [3.63, 3.8) is 0 Å². The van der Waals surface area contributed by atoms with Crippen molar-refractivity contribution in [3.8, 4) is 0 Å². The first-order chi connectivity index (χ1) is 23.6. The summed E-state index contributed by atoms with van der Waals surface area (Å²) in [6.07, 6.45) is 54.2. The second kappa shape index (κ2) is 39.6. The predicted molar refractivity (Wildman–Crippen MR) is 212 cm³/mol. The molecule has 1 N–H and O–H groups in total. The van der Waals surface area contributed by atoms with Crippen LogP contribution in [-0.2, 0) is 4.74 Å². The molecule has 0 aromatic rings. The van der Waals surface area contributed by atoms with Crippen LogP contribution in [0.1, 0.15) is 193 Å². The highest BCUT2D eigenvalue weighted by Gasteiger charge is 2.11. The van der Waals surface area contributed by atoms with E-state index in [-0.39, 0.29) is 0 Å². The summed E-state index contributed by atoms with van der Waals surface area (Å²) >= 11 is 0. The molecule has 280 valence electrons. The maximum absolute atomic E-state index is 11.0. The van der Waals surface area contributed by atoms with Crippen molar-refractivity contribution in [1.29, 1.82) is 0 Å². The van der Waals surface area contributed by atoms with Gasteiger partial charge in [0.1, 0.15) is 0 Å². The van der Waals surface area contributed by atoms with Crippen LogP contribution < -0.4 is 0 Å². The molecule has 1 unspecified atom stereocenters. The zero-order valence-electron chi connectivity index (χ0n) is 32.3. The molecule has 4 nitrogen and oxygen atoms in total. The molecule has 0 saturated carbocycles. The summed E-state index contributed by atoms with van der Waals surface area (Å²) in [5, 5.41) is 8.99. The van der Waals surface area contributed by atoms with E-state index in [9.17, 15) is 4.79 Å². The normalized spacial score (nSPS) is 12.9. The molecular weight excluding hydrogens is 590 g/mol. The molecule has 0 amide bonds. The maximum atomic E-state index is 11.0. The molecule has 0 spiro atoms. The Balaban J connectivity index is 3.66. The highest BCUT2D eigenvalue weighted by Crippen LogP contribution is 2.20. The fourth-order valence-corrected chi connectivity index (χ4v) is 6.23.